The number of hydrogen-bond acceptors (Lipinski definition) is 4. The van der Waals surface area contributed by atoms with Gasteiger partial charge in [0.2, 0.25) is 5.91 Å². The second kappa shape index (κ2) is 6.73. The number of nitrogens with two attached hydrogens (primary N) is 1. The van der Waals surface area contributed by atoms with Crippen LogP contribution in [0, 0.1) is 5.92 Å². The molecule has 0 aromatic heterocycles. The van der Waals surface area contributed by atoms with E-state index in [-0.39, 0.29) is 11.9 Å². The number of ether oxygens (including phenoxy) is 1. The van der Waals surface area contributed by atoms with E-state index in [1.807, 2.05) is 0 Å². The van der Waals surface area contributed by atoms with Gasteiger partial charge in [-0.2, -0.15) is 0 Å². The van der Waals surface area contributed by atoms with Gasteiger partial charge in [0, 0.05) is 13.0 Å². The molecular formula is C13H24N2O3. The van der Waals surface area contributed by atoms with E-state index in [2.05, 4.69) is 17.0 Å². The Bertz CT molecular complexity index is 307. The van der Waals surface area contributed by atoms with Crippen LogP contribution < -0.4 is 11.1 Å². The van der Waals surface area contributed by atoms with Crippen molar-refractivity contribution in [3.8, 4) is 0 Å². The Morgan fingerprint density at radius 3 is 2.83 bits per heavy atom. The van der Waals surface area contributed by atoms with Crippen molar-refractivity contribution in [2.75, 3.05) is 13.7 Å². The molecule has 3 N–H and O–H groups in total. The van der Waals surface area contributed by atoms with Crippen molar-refractivity contribution >= 4 is 11.9 Å². The number of hydrogen-bond donors (Lipinski definition) is 2. The van der Waals surface area contributed by atoms with Gasteiger partial charge < -0.3 is 15.8 Å². The molecule has 0 saturated heterocycles. The van der Waals surface area contributed by atoms with Crippen LogP contribution in [0.5, 0.6) is 0 Å². The van der Waals surface area contributed by atoms with Gasteiger partial charge >= 0.3 is 5.97 Å². The van der Waals surface area contributed by atoms with Gasteiger partial charge in [-0.3, -0.25) is 9.59 Å². The molecule has 0 bridgehead atoms. The second-order valence-corrected chi connectivity index (χ2v) is 5.29. The molecular weight excluding hydrogens is 232 g/mol. The van der Waals surface area contributed by atoms with Gasteiger partial charge in [0.25, 0.3) is 0 Å². The third-order valence-electron chi connectivity index (χ3n) is 3.56. The summed E-state index contributed by atoms with van der Waals surface area (Å²) in [5, 5.41) is 2.82. The standard InChI is InChI=1S/C13H24N2O3/c1-10-5-3-7-13(14,9-10)12(17)15-8-4-6-11(16)18-2/h10H,3-9,14H2,1-2H3,(H,15,17). The van der Waals surface area contributed by atoms with Crippen LogP contribution in [0.3, 0.4) is 0 Å². The molecule has 1 rings (SSSR count). The Labute approximate surface area is 108 Å². The highest BCUT2D eigenvalue weighted by molar-refractivity contribution is 5.86. The van der Waals surface area contributed by atoms with Crippen LogP contribution in [0.2, 0.25) is 0 Å². The molecule has 104 valence electrons. The van der Waals surface area contributed by atoms with Crippen molar-refractivity contribution in [1.82, 2.24) is 5.32 Å². The van der Waals surface area contributed by atoms with Crippen LogP contribution in [0.25, 0.3) is 0 Å². The Morgan fingerprint density at radius 1 is 1.50 bits per heavy atom. The summed E-state index contributed by atoms with van der Waals surface area (Å²) in [7, 11) is 1.36. The van der Waals surface area contributed by atoms with Gasteiger partial charge in [-0.25, -0.2) is 0 Å². The summed E-state index contributed by atoms with van der Waals surface area (Å²) in [4.78, 5) is 22.9. The zero-order valence-electron chi connectivity index (χ0n) is 11.3. The number of rotatable bonds is 5. The summed E-state index contributed by atoms with van der Waals surface area (Å²) in [6.07, 6.45) is 4.56. The van der Waals surface area contributed by atoms with Crippen LogP contribution in [-0.2, 0) is 14.3 Å². The van der Waals surface area contributed by atoms with E-state index in [9.17, 15) is 9.59 Å². The fourth-order valence-electron chi connectivity index (χ4n) is 2.51. The Kier molecular flexibility index (Phi) is 5.59. The fourth-order valence-corrected chi connectivity index (χ4v) is 2.51. The first-order chi connectivity index (χ1) is 8.48. The average Bonchev–Trinajstić information content (AvgIpc) is 2.33. The van der Waals surface area contributed by atoms with Gasteiger partial charge in [-0.15, -0.1) is 0 Å². The lowest BCUT2D eigenvalue weighted by atomic mass is 9.76. The topological polar surface area (TPSA) is 81.4 Å². The monoisotopic (exact) mass is 256 g/mol. The first-order valence-corrected chi connectivity index (χ1v) is 6.62. The lowest BCUT2D eigenvalue weighted by Crippen LogP contribution is -2.56. The summed E-state index contributed by atoms with van der Waals surface area (Å²) in [6.45, 7) is 2.60. The maximum atomic E-state index is 12.0. The third-order valence-corrected chi connectivity index (χ3v) is 3.56. The number of methoxy groups -OCH3 is 1. The highest BCUT2D eigenvalue weighted by Crippen LogP contribution is 2.30. The first-order valence-electron chi connectivity index (χ1n) is 6.62. The summed E-state index contributed by atoms with van der Waals surface area (Å²) in [5.74, 6) is 0.168. The van der Waals surface area contributed by atoms with E-state index in [0.29, 0.717) is 25.3 Å². The van der Waals surface area contributed by atoms with Gasteiger partial charge in [-0.1, -0.05) is 19.8 Å². The molecule has 5 nitrogen and oxygen atoms in total. The van der Waals surface area contributed by atoms with Crippen molar-refractivity contribution in [1.29, 1.82) is 0 Å². The Morgan fingerprint density at radius 2 is 2.22 bits per heavy atom. The van der Waals surface area contributed by atoms with Crippen LogP contribution in [0.15, 0.2) is 0 Å². The minimum atomic E-state index is -0.719. The van der Waals surface area contributed by atoms with E-state index >= 15 is 0 Å². The molecule has 1 saturated carbocycles. The number of nitrogens with one attached hydrogen (secondary N) is 1. The Balaban J connectivity index is 2.29. The van der Waals surface area contributed by atoms with E-state index in [1.54, 1.807) is 0 Å². The van der Waals surface area contributed by atoms with Crippen LogP contribution in [0.1, 0.15) is 45.4 Å². The minimum Gasteiger partial charge on any atom is -0.469 e. The molecule has 1 aliphatic carbocycles. The van der Waals surface area contributed by atoms with Crippen LogP contribution in [-0.4, -0.2) is 31.1 Å². The third kappa shape index (κ3) is 4.29. The molecule has 2 unspecified atom stereocenters. The normalized spacial score (nSPS) is 27.6. The maximum absolute atomic E-state index is 12.0. The molecule has 1 fully saturated rings. The SMILES string of the molecule is COC(=O)CCCNC(=O)C1(N)CCCC(C)C1. The zero-order valence-corrected chi connectivity index (χ0v) is 11.3. The van der Waals surface area contributed by atoms with Gasteiger partial charge in [0.05, 0.1) is 12.6 Å². The van der Waals surface area contributed by atoms with Crippen molar-refractivity contribution in [3.05, 3.63) is 0 Å². The molecule has 0 aromatic carbocycles. The molecule has 5 heteroatoms. The Hall–Kier alpha value is -1.10. The van der Waals surface area contributed by atoms with Gasteiger partial charge in [0.1, 0.15) is 0 Å². The largest absolute Gasteiger partial charge is 0.469 e. The summed E-state index contributed by atoms with van der Waals surface area (Å²) in [6, 6.07) is 0. The molecule has 0 aliphatic heterocycles. The molecule has 0 radical (unpaired) electrons. The van der Waals surface area contributed by atoms with E-state index < -0.39 is 5.54 Å². The van der Waals surface area contributed by atoms with E-state index in [1.165, 1.54) is 7.11 Å². The number of carbonyl (C=O) groups excluding carboxylic acids is 2. The maximum Gasteiger partial charge on any atom is 0.305 e. The average molecular weight is 256 g/mol. The van der Waals surface area contributed by atoms with Gasteiger partial charge in [0.15, 0.2) is 0 Å². The van der Waals surface area contributed by atoms with Crippen LogP contribution >= 0.6 is 0 Å². The first kappa shape index (κ1) is 15.0. The highest BCUT2D eigenvalue weighted by Gasteiger charge is 2.37. The summed E-state index contributed by atoms with van der Waals surface area (Å²) >= 11 is 0. The van der Waals surface area contributed by atoms with Crippen molar-refractivity contribution in [2.45, 2.75) is 51.0 Å². The highest BCUT2D eigenvalue weighted by atomic mass is 16.5. The summed E-state index contributed by atoms with van der Waals surface area (Å²) in [5.41, 5.74) is 5.44. The molecule has 0 aromatic rings. The lowest BCUT2D eigenvalue weighted by molar-refractivity contribution is -0.140. The van der Waals surface area contributed by atoms with Crippen molar-refractivity contribution in [2.24, 2.45) is 11.7 Å². The van der Waals surface area contributed by atoms with Gasteiger partial charge in [-0.05, 0) is 25.2 Å². The molecule has 0 heterocycles. The van der Waals surface area contributed by atoms with Crippen LogP contribution in [0.4, 0.5) is 0 Å². The summed E-state index contributed by atoms with van der Waals surface area (Å²) < 4.78 is 4.53. The quantitative estimate of drug-likeness (QED) is 0.567. The smallest absolute Gasteiger partial charge is 0.305 e. The molecule has 18 heavy (non-hydrogen) atoms. The molecule has 1 aliphatic rings. The minimum absolute atomic E-state index is 0.0843. The number of esters is 1. The van der Waals surface area contributed by atoms with E-state index in [4.69, 9.17) is 5.73 Å². The number of amides is 1. The van der Waals surface area contributed by atoms with Crippen molar-refractivity contribution in [3.63, 3.8) is 0 Å². The predicted molar refractivity (Wildman–Crippen MR) is 68.8 cm³/mol. The molecule has 1 amide bonds. The predicted octanol–water partition coefficient (Wildman–Crippen LogP) is 0.963. The molecule has 2 atom stereocenters. The van der Waals surface area contributed by atoms with Crippen molar-refractivity contribution < 1.29 is 14.3 Å². The molecule has 0 spiro atoms. The van der Waals surface area contributed by atoms with E-state index in [0.717, 1.165) is 25.7 Å². The fraction of sp³-hybridized carbons (Fsp3) is 0.846. The number of carbonyl (C=O) groups is 2. The lowest BCUT2D eigenvalue weighted by Gasteiger charge is -2.35. The zero-order chi connectivity index (χ0) is 13.6. The second-order valence-electron chi connectivity index (χ2n) is 5.29.